The van der Waals surface area contributed by atoms with Crippen LogP contribution >= 0.6 is 23.2 Å². The Labute approximate surface area is 147 Å². The van der Waals surface area contributed by atoms with Gasteiger partial charge in [0.25, 0.3) is 0 Å². The minimum atomic E-state index is -1.03. The summed E-state index contributed by atoms with van der Waals surface area (Å²) in [4.78, 5) is 26.0. The Kier molecular flexibility index (Phi) is 4.71. The lowest BCUT2D eigenvalue weighted by Gasteiger charge is -2.22. The number of hydrogen-bond donors (Lipinski definition) is 1. The maximum absolute atomic E-state index is 12.4. The second kappa shape index (κ2) is 5.99. The van der Waals surface area contributed by atoms with E-state index in [9.17, 15) is 9.59 Å². The van der Waals surface area contributed by atoms with E-state index < -0.39 is 9.75 Å². The van der Waals surface area contributed by atoms with Crippen molar-refractivity contribution >= 4 is 40.7 Å². The van der Waals surface area contributed by atoms with Gasteiger partial charge in [0.05, 0.1) is 12.0 Å². The lowest BCUT2D eigenvalue weighted by Crippen LogP contribution is -2.40. The lowest BCUT2D eigenvalue weighted by molar-refractivity contribution is -0.137. The summed E-state index contributed by atoms with van der Waals surface area (Å²) in [6.45, 7) is 7.60. The first-order chi connectivity index (χ1) is 10.5. The molecule has 126 valence electrons. The van der Waals surface area contributed by atoms with Gasteiger partial charge in [0.2, 0.25) is 11.8 Å². The molecule has 1 N–H and O–H groups in total. The Bertz CT molecular complexity index is 650. The molecule has 2 amide bonds. The number of amides is 2. The topological polar surface area (TPSA) is 49.4 Å². The molecule has 0 saturated heterocycles. The number of carbonyl (C=O) groups is 2. The van der Waals surface area contributed by atoms with Gasteiger partial charge in [-0.05, 0) is 45.2 Å². The number of anilines is 1. The molecule has 2 rings (SSSR count). The van der Waals surface area contributed by atoms with Crippen molar-refractivity contribution in [1.82, 2.24) is 4.90 Å². The van der Waals surface area contributed by atoms with Crippen LogP contribution in [0.1, 0.15) is 30.0 Å². The van der Waals surface area contributed by atoms with Crippen LogP contribution < -0.4 is 5.32 Å². The number of rotatable bonds is 4. The fourth-order valence-electron chi connectivity index (χ4n) is 2.90. The zero-order valence-corrected chi connectivity index (χ0v) is 15.6. The van der Waals surface area contributed by atoms with Crippen molar-refractivity contribution in [3.05, 3.63) is 28.8 Å². The van der Waals surface area contributed by atoms with E-state index in [2.05, 4.69) is 5.32 Å². The van der Waals surface area contributed by atoms with Crippen LogP contribution in [-0.2, 0) is 9.59 Å². The predicted octanol–water partition coefficient (Wildman–Crippen LogP) is 3.59. The van der Waals surface area contributed by atoms with Crippen LogP contribution in [0.25, 0.3) is 0 Å². The quantitative estimate of drug-likeness (QED) is 0.838. The fraction of sp³-hybridized carbons (Fsp3) is 0.529. The standard InChI is InChI=1S/C17H22Cl2N2O2/c1-10-6-11(2)14(12(3)7-10)20-13(22)8-21(5)15(23)16(4)9-17(16,18)19/h6-7H,8-9H2,1-5H3,(H,20,22). The van der Waals surface area contributed by atoms with E-state index in [0.29, 0.717) is 6.42 Å². The van der Waals surface area contributed by atoms with Crippen LogP contribution in [-0.4, -0.2) is 34.6 Å². The van der Waals surface area contributed by atoms with Crippen LogP contribution in [0.4, 0.5) is 5.69 Å². The number of hydrogen-bond acceptors (Lipinski definition) is 2. The zero-order valence-electron chi connectivity index (χ0n) is 14.1. The van der Waals surface area contributed by atoms with Crippen molar-refractivity contribution in [2.24, 2.45) is 5.41 Å². The maximum Gasteiger partial charge on any atom is 0.243 e. The number of nitrogens with one attached hydrogen (secondary N) is 1. The SMILES string of the molecule is Cc1cc(C)c(NC(=O)CN(C)C(=O)C2(C)CC2(Cl)Cl)c(C)c1. The first-order valence-electron chi connectivity index (χ1n) is 7.49. The molecule has 1 aliphatic rings. The van der Waals surface area contributed by atoms with Gasteiger partial charge in [-0.15, -0.1) is 23.2 Å². The van der Waals surface area contributed by atoms with E-state index >= 15 is 0 Å². The predicted molar refractivity (Wildman–Crippen MR) is 94.1 cm³/mol. The van der Waals surface area contributed by atoms with Gasteiger partial charge in [-0.3, -0.25) is 9.59 Å². The van der Waals surface area contributed by atoms with Gasteiger partial charge in [0.15, 0.2) is 0 Å². The summed E-state index contributed by atoms with van der Waals surface area (Å²) in [5, 5.41) is 2.89. The Hall–Kier alpha value is -1.26. The molecule has 1 aliphatic carbocycles. The van der Waals surface area contributed by atoms with Crippen LogP contribution in [0.2, 0.25) is 0 Å². The van der Waals surface area contributed by atoms with Crippen molar-refractivity contribution in [2.75, 3.05) is 18.9 Å². The van der Waals surface area contributed by atoms with Crippen molar-refractivity contribution in [3.8, 4) is 0 Å². The summed E-state index contributed by atoms with van der Waals surface area (Å²) in [5.41, 5.74) is 3.13. The van der Waals surface area contributed by atoms with Gasteiger partial charge in [-0.1, -0.05) is 17.7 Å². The molecular formula is C17H22Cl2N2O2. The third kappa shape index (κ3) is 3.48. The number of alkyl halides is 2. The Morgan fingerprint density at radius 2 is 1.70 bits per heavy atom. The van der Waals surface area contributed by atoms with Crippen molar-refractivity contribution < 1.29 is 9.59 Å². The molecule has 1 aromatic carbocycles. The van der Waals surface area contributed by atoms with E-state index in [1.165, 1.54) is 4.90 Å². The van der Waals surface area contributed by atoms with Crippen molar-refractivity contribution in [3.63, 3.8) is 0 Å². The highest BCUT2D eigenvalue weighted by molar-refractivity contribution is 6.53. The largest absolute Gasteiger partial charge is 0.336 e. The number of benzene rings is 1. The molecule has 0 heterocycles. The Morgan fingerprint density at radius 3 is 2.13 bits per heavy atom. The number of aryl methyl sites for hydroxylation is 3. The summed E-state index contributed by atoms with van der Waals surface area (Å²) in [6, 6.07) is 4.02. The van der Waals surface area contributed by atoms with Gasteiger partial charge < -0.3 is 10.2 Å². The van der Waals surface area contributed by atoms with E-state index in [0.717, 1.165) is 22.4 Å². The van der Waals surface area contributed by atoms with Crippen molar-refractivity contribution in [2.45, 2.75) is 38.4 Å². The molecule has 1 aromatic rings. The Balaban J connectivity index is 2.02. The molecule has 6 heteroatoms. The van der Waals surface area contributed by atoms with E-state index in [4.69, 9.17) is 23.2 Å². The summed E-state index contributed by atoms with van der Waals surface area (Å²) in [6.07, 6.45) is 0.407. The Morgan fingerprint density at radius 1 is 1.22 bits per heavy atom. The van der Waals surface area contributed by atoms with Crippen LogP contribution in [0.15, 0.2) is 12.1 Å². The minimum Gasteiger partial charge on any atom is -0.336 e. The number of nitrogens with zero attached hydrogens (tertiary/aromatic N) is 1. The monoisotopic (exact) mass is 356 g/mol. The van der Waals surface area contributed by atoms with Crippen LogP contribution in [0.5, 0.6) is 0 Å². The van der Waals surface area contributed by atoms with Crippen LogP contribution in [0.3, 0.4) is 0 Å². The second-order valence-electron chi connectivity index (χ2n) is 6.70. The summed E-state index contributed by atoms with van der Waals surface area (Å²) >= 11 is 12.1. The van der Waals surface area contributed by atoms with Gasteiger partial charge in [-0.2, -0.15) is 0 Å². The normalized spacial score (nSPS) is 21.7. The van der Waals surface area contributed by atoms with Gasteiger partial charge in [0.1, 0.15) is 4.33 Å². The highest BCUT2D eigenvalue weighted by Gasteiger charge is 2.68. The molecule has 1 atom stereocenters. The second-order valence-corrected chi connectivity index (χ2v) is 8.18. The highest BCUT2D eigenvalue weighted by atomic mass is 35.5. The van der Waals surface area contributed by atoms with Crippen LogP contribution in [0, 0.1) is 26.2 Å². The molecule has 0 aromatic heterocycles. The molecular weight excluding hydrogens is 335 g/mol. The highest BCUT2D eigenvalue weighted by Crippen LogP contribution is 2.64. The molecule has 1 unspecified atom stereocenters. The van der Waals surface area contributed by atoms with Gasteiger partial charge in [0, 0.05) is 12.7 Å². The molecule has 23 heavy (non-hydrogen) atoms. The molecule has 0 spiro atoms. The third-order valence-electron chi connectivity index (χ3n) is 4.40. The molecule has 1 fully saturated rings. The molecule has 0 aliphatic heterocycles. The lowest BCUT2D eigenvalue weighted by atomic mass is 10.1. The fourth-order valence-corrected chi connectivity index (χ4v) is 3.59. The molecule has 0 radical (unpaired) electrons. The smallest absolute Gasteiger partial charge is 0.243 e. The number of carbonyl (C=O) groups excluding carboxylic acids is 2. The zero-order chi connectivity index (χ0) is 17.6. The number of likely N-dealkylation sites (N-methyl/N-ethyl adjacent to an activating group) is 1. The summed E-state index contributed by atoms with van der Waals surface area (Å²) in [7, 11) is 1.59. The van der Waals surface area contributed by atoms with Crippen molar-refractivity contribution in [1.29, 1.82) is 0 Å². The average Bonchev–Trinajstić information content (AvgIpc) is 2.93. The minimum absolute atomic E-state index is 0.0367. The van der Waals surface area contributed by atoms with E-state index in [1.807, 2.05) is 32.9 Å². The summed E-state index contributed by atoms with van der Waals surface area (Å²) in [5.74, 6) is -0.454. The van der Waals surface area contributed by atoms with E-state index in [1.54, 1.807) is 14.0 Å². The molecule has 1 saturated carbocycles. The van der Waals surface area contributed by atoms with E-state index in [-0.39, 0.29) is 18.4 Å². The third-order valence-corrected chi connectivity index (χ3v) is 5.50. The average molecular weight is 357 g/mol. The first-order valence-corrected chi connectivity index (χ1v) is 8.24. The number of halogens is 2. The van der Waals surface area contributed by atoms with Gasteiger partial charge in [-0.25, -0.2) is 0 Å². The molecule has 0 bridgehead atoms. The maximum atomic E-state index is 12.4. The molecule has 4 nitrogen and oxygen atoms in total. The summed E-state index contributed by atoms with van der Waals surface area (Å²) < 4.78 is -1.03. The van der Waals surface area contributed by atoms with Gasteiger partial charge >= 0.3 is 0 Å². The first kappa shape index (κ1) is 18.1.